The number of pyridine rings is 2. The number of carbonyl (C=O) groups is 1. The van der Waals surface area contributed by atoms with Gasteiger partial charge in [0, 0.05) is 13.1 Å². The van der Waals surface area contributed by atoms with Crippen LogP contribution in [-0.2, 0) is 11.3 Å². The highest BCUT2D eigenvalue weighted by atomic mass is 19.1. The molecule has 0 radical (unpaired) electrons. The molecule has 0 bridgehead atoms. The Balaban J connectivity index is 0.000000167. The fourth-order valence-corrected chi connectivity index (χ4v) is 1.82. The number of hydrogen-bond acceptors (Lipinski definition) is 3. The predicted molar refractivity (Wildman–Crippen MR) is 81.6 cm³/mol. The number of amides is 1. The third kappa shape index (κ3) is 4.84. The summed E-state index contributed by atoms with van der Waals surface area (Å²) in [6.07, 6.45) is 4.27. The SMILES string of the molecule is CC(=O)NCc1ccc(F)cn1.Cc1ncc2ccc(F)cn12. The fourth-order valence-electron chi connectivity index (χ4n) is 1.82. The van der Waals surface area contributed by atoms with Gasteiger partial charge in [0.05, 0.1) is 30.1 Å². The standard InChI is InChI=1S/C8H9FN2O.C8H7FN2/c1-6(12)10-5-8-3-2-7(9)4-11-8;1-6-10-4-8-3-2-7(9)5-11(6)8/h2-4H,5H2,1H3,(H,10,12);2-5H,1H3. The maximum absolute atomic E-state index is 12.6. The number of carbonyl (C=O) groups excluding carboxylic acids is 1. The number of rotatable bonds is 2. The highest BCUT2D eigenvalue weighted by Crippen LogP contribution is 2.06. The van der Waals surface area contributed by atoms with Gasteiger partial charge >= 0.3 is 0 Å². The van der Waals surface area contributed by atoms with Crippen LogP contribution in [0.1, 0.15) is 18.4 Å². The molecule has 0 atom stereocenters. The van der Waals surface area contributed by atoms with Crippen molar-refractivity contribution < 1.29 is 13.6 Å². The van der Waals surface area contributed by atoms with Gasteiger partial charge in [-0.1, -0.05) is 0 Å². The fraction of sp³-hybridized carbons (Fsp3) is 0.188. The summed E-state index contributed by atoms with van der Waals surface area (Å²) in [6, 6.07) is 5.97. The molecule has 0 saturated heterocycles. The summed E-state index contributed by atoms with van der Waals surface area (Å²) in [5.41, 5.74) is 1.57. The van der Waals surface area contributed by atoms with E-state index in [9.17, 15) is 13.6 Å². The molecule has 0 spiro atoms. The van der Waals surface area contributed by atoms with E-state index in [-0.39, 0.29) is 17.5 Å². The van der Waals surface area contributed by atoms with Gasteiger partial charge in [-0.05, 0) is 31.2 Å². The monoisotopic (exact) mass is 318 g/mol. The number of aryl methyl sites for hydroxylation is 1. The van der Waals surface area contributed by atoms with Crippen LogP contribution in [0.2, 0.25) is 0 Å². The number of nitrogens with zero attached hydrogens (tertiary/aromatic N) is 3. The Hall–Kier alpha value is -2.83. The smallest absolute Gasteiger partial charge is 0.217 e. The van der Waals surface area contributed by atoms with Crippen LogP contribution in [0.15, 0.2) is 42.9 Å². The molecule has 0 aliphatic heterocycles. The molecule has 0 aromatic carbocycles. The van der Waals surface area contributed by atoms with E-state index in [1.165, 1.54) is 31.3 Å². The van der Waals surface area contributed by atoms with Crippen molar-refractivity contribution in [1.82, 2.24) is 19.7 Å². The molecule has 3 rings (SSSR count). The summed E-state index contributed by atoms with van der Waals surface area (Å²) >= 11 is 0. The largest absolute Gasteiger partial charge is 0.351 e. The van der Waals surface area contributed by atoms with Crippen molar-refractivity contribution in [2.75, 3.05) is 0 Å². The number of aromatic nitrogens is 3. The van der Waals surface area contributed by atoms with E-state index in [1.807, 2.05) is 6.92 Å². The van der Waals surface area contributed by atoms with Gasteiger partial charge in [0.2, 0.25) is 5.91 Å². The molecule has 3 heterocycles. The van der Waals surface area contributed by atoms with Gasteiger partial charge in [-0.25, -0.2) is 13.8 Å². The van der Waals surface area contributed by atoms with Crippen LogP contribution in [0.25, 0.3) is 5.52 Å². The van der Waals surface area contributed by atoms with Crippen molar-refractivity contribution in [2.45, 2.75) is 20.4 Å². The topological polar surface area (TPSA) is 59.3 Å². The zero-order valence-electron chi connectivity index (χ0n) is 12.8. The summed E-state index contributed by atoms with van der Waals surface area (Å²) < 4.78 is 26.7. The van der Waals surface area contributed by atoms with E-state index in [4.69, 9.17) is 0 Å². The zero-order chi connectivity index (χ0) is 16.8. The number of hydrogen-bond donors (Lipinski definition) is 1. The molecule has 23 heavy (non-hydrogen) atoms. The van der Waals surface area contributed by atoms with Crippen LogP contribution >= 0.6 is 0 Å². The normalized spacial score (nSPS) is 10.1. The first-order valence-corrected chi connectivity index (χ1v) is 6.90. The van der Waals surface area contributed by atoms with Crippen LogP contribution in [0.3, 0.4) is 0 Å². The van der Waals surface area contributed by atoms with Crippen LogP contribution in [0.5, 0.6) is 0 Å². The minimum Gasteiger partial charge on any atom is -0.351 e. The van der Waals surface area contributed by atoms with Crippen molar-refractivity contribution in [3.8, 4) is 0 Å². The van der Waals surface area contributed by atoms with E-state index in [0.717, 1.165) is 17.5 Å². The Bertz CT molecular complexity index is 799. The second-order valence-corrected chi connectivity index (χ2v) is 4.83. The van der Waals surface area contributed by atoms with Gasteiger partial charge in [0.25, 0.3) is 0 Å². The summed E-state index contributed by atoms with van der Waals surface area (Å²) in [5, 5.41) is 2.56. The Morgan fingerprint density at radius 2 is 1.87 bits per heavy atom. The highest BCUT2D eigenvalue weighted by molar-refractivity contribution is 5.72. The average Bonchev–Trinajstić information content (AvgIpc) is 2.88. The van der Waals surface area contributed by atoms with Crippen LogP contribution < -0.4 is 5.32 Å². The Labute approximate surface area is 132 Å². The van der Waals surface area contributed by atoms with Crippen molar-refractivity contribution in [3.63, 3.8) is 0 Å². The molecule has 0 saturated carbocycles. The average molecular weight is 318 g/mol. The van der Waals surface area contributed by atoms with Gasteiger partial charge in [-0.2, -0.15) is 0 Å². The number of halogens is 2. The quantitative estimate of drug-likeness (QED) is 0.790. The highest BCUT2D eigenvalue weighted by Gasteiger charge is 1.98. The van der Waals surface area contributed by atoms with Crippen molar-refractivity contribution >= 4 is 11.4 Å². The predicted octanol–water partition coefficient (Wildman–Crippen LogP) is 2.64. The third-order valence-corrected chi connectivity index (χ3v) is 2.98. The first-order valence-electron chi connectivity index (χ1n) is 6.90. The second kappa shape index (κ2) is 7.44. The Morgan fingerprint density at radius 3 is 2.52 bits per heavy atom. The number of fused-ring (bicyclic) bond motifs is 1. The summed E-state index contributed by atoms with van der Waals surface area (Å²) in [5.74, 6) is 0.0702. The molecule has 1 N–H and O–H groups in total. The maximum Gasteiger partial charge on any atom is 0.217 e. The van der Waals surface area contributed by atoms with Crippen LogP contribution in [0.4, 0.5) is 8.78 Å². The molecular formula is C16H16F2N4O. The summed E-state index contributed by atoms with van der Waals surface area (Å²) in [7, 11) is 0. The zero-order valence-corrected chi connectivity index (χ0v) is 12.8. The van der Waals surface area contributed by atoms with Gasteiger partial charge in [0.1, 0.15) is 17.5 Å². The molecule has 0 aliphatic carbocycles. The molecule has 120 valence electrons. The van der Waals surface area contributed by atoms with Crippen LogP contribution in [0, 0.1) is 18.6 Å². The van der Waals surface area contributed by atoms with Gasteiger partial charge in [-0.3, -0.25) is 9.78 Å². The molecule has 1 amide bonds. The van der Waals surface area contributed by atoms with Crippen molar-refractivity contribution in [2.24, 2.45) is 0 Å². The summed E-state index contributed by atoms with van der Waals surface area (Å²) in [6.45, 7) is 3.60. The Morgan fingerprint density at radius 1 is 1.13 bits per heavy atom. The van der Waals surface area contributed by atoms with Crippen molar-refractivity contribution in [3.05, 3.63) is 66.0 Å². The molecule has 0 unspecified atom stereocenters. The molecule has 7 heteroatoms. The maximum atomic E-state index is 12.6. The summed E-state index contributed by atoms with van der Waals surface area (Å²) in [4.78, 5) is 18.3. The molecule has 0 fully saturated rings. The van der Waals surface area contributed by atoms with E-state index in [2.05, 4.69) is 15.3 Å². The first kappa shape index (κ1) is 16.5. The number of imidazole rings is 1. The van der Waals surface area contributed by atoms with Gasteiger partial charge in [-0.15, -0.1) is 0 Å². The third-order valence-electron chi connectivity index (χ3n) is 2.98. The van der Waals surface area contributed by atoms with Crippen LogP contribution in [-0.4, -0.2) is 20.3 Å². The van der Waals surface area contributed by atoms with Crippen molar-refractivity contribution in [1.29, 1.82) is 0 Å². The lowest BCUT2D eigenvalue weighted by Gasteiger charge is -1.99. The minimum absolute atomic E-state index is 0.124. The molecule has 3 aromatic rings. The molecular weight excluding hydrogens is 302 g/mol. The van der Waals surface area contributed by atoms with Gasteiger partial charge < -0.3 is 9.72 Å². The molecule has 0 aliphatic rings. The number of nitrogens with one attached hydrogen (secondary N) is 1. The molecule has 3 aromatic heterocycles. The Kier molecular flexibility index (Phi) is 5.35. The second-order valence-electron chi connectivity index (χ2n) is 4.83. The first-order chi connectivity index (χ1) is 11.0. The van der Waals surface area contributed by atoms with Gasteiger partial charge in [0.15, 0.2) is 0 Å². The van der Waals surface area contributed by atoms with E-state index >= 15 is 0 Å². The lowest BCUT2D eigenvalue weighted by Crippen LogP contribution is -2.19. The molecule has 5 nitrogen and oxygen atoms in total. The van der Waals surface area contributed by atoms with E-state index < -0.39 is 0 Å². The minimum atomic E-state index is -0.374. The lowest BCUT2D eigenvalue weighted by molar-refractivity contribution is -0.119. The van der Waals surface area contributed by atoms with E-state index in [0.29, 0.717) is 12.2 Å². The van der Waals surface area contributed by atoms with E-state index in [1.54, 1.807) is 16.7 Å². The lowest BCUT2D eigenvalue weighted by atomic mass is 10.3.